The number of nitrogens with zero attached hydrogens (tertiary/aromatic N) is 3. The quantitative estimate of drug-likeness (QED) is 0.604. The van der Waals surface area contributed by atoms with Crippen LogP contribution >= 0.6 is 31.9 Å². The standard InChI is InChI=1S/C10H9Br2F2N3/c1-2-3-4-17-15-9-5(11)7(13)8(14)6(12)10(9)16-17/h2-4H2,1H3. The lowest BCUT2D eigenvalue weighted by Crippen LogP contribution is -2.01. The average molecular weight is 369 g/mol. The fourth-order valence-electron chi connectivity index (χ4n) is 1.44. The lowest BCUT2D eigenvalue weighted by Gasteiger charge is -1.99. The van der Waals surface area contributed by atoms with E-state index in [-0.39, 0.29) is 8.95 Å². The minimum absolute atomic E-state index is 0.0101. The molecule has 2 rings (SSSR count). The summed E-state index contributed by atoms with van der Waals surface area (Å²) < 4.78 is 26.9. The van der Waals surface area contributed by atoms with Crippen LogP contribution < -0.4 is 0 Å². The Morgan fingerprint density at radius 1 is 1.06 bits per heavy atom. The van der Waals surface area contributed by atoms with Crippen molar-refractivity contribution in [2.24, 2.45) is 0 Å². The molecule has 1 aromatic carbocycles. The average Bonchev–Trinajstić information content (AvgIpc) is 2.75. The number of benzene rings is 1. The molecule has 2 aromatic rings. The maximum Gasteiger partial charge on any atom is 0.176 e. The second kappa shape index (κ2) is 4.97. The van der Waals surface area contributed by atoms with Crippen LogP contribution in [0.15, 0.2) is 8.95 Å². The van der Waals surface area contributed by atoms with Gasteiger partial charge in [0.25, 0.3) is 0 Å². The highest BCUT2D eigenvalue weighted by molar-refractivity contribution is 9.11. The molecule has 92 valence electrons. The molecule has 0 radical (unpaired) electrons. The number of hydrogen-bond donors (Lipinski definition) is 0. The SMILES string of the molecule is CCCCn1nc2c(Br)c(F)c(F)c(Br)c2n1. The number of halogens is 4. The van der Waals surface area contributed by atoms with Gasteiger partial charge in [0.1, 0.15) is 11.0 Å². The third-order valence-corrected chi connectivity index (χ3v) is 3.81. The molecule has 17 heavy (non-hydrogen) atoms. The van der Waals surface area contributed by atoms with E-state index < -0.39 is 11.6 Å². The minimum atomic E-state index is -0.952. The molecule has 0 aliphatic heterocycles. The van der Waals surface area contributed by atoms with Gasteiger partial charge in [0.15, 0.2) is 11.6 Å². The van der Waals surface area contributed by atoms with E-state index in [2.05, 4.69) is 42.1 Å². The smallest absolute Gasteiger partial charge is 0.176 e. The Bertz CT molecular complexity index is 523. The zero-order valence-corrected chi connectivity index (χ0v) is 12.1. The molecule has 0 fully saturated rings. The van der Waals surface area contributed by atoms with Crippen molar-refractivity contribution in [1.82, 2.24) is 15.0 Å². The Hall–Kier alpha value is -0.560. The number of rotatable bonds is 3. The molecule has 0 saturated carbocycles. The summed E-state index contributed by atoms with van der Waals surface area (Å²) in [5.74, 6) is -1.90. The summed E-state index contributed by atoms with van der Waals surface area (Å²) in [6, 6.07) is 0. The summed E-state index contributed by atoms with van der Waals surface area (Å²) in [6.07, 6.45) is 1.92. The van der Waals surface area contributed by atoms with E-state index in [0.29, 0.717) is 17.6 Å². The van der Waals surface area contributed by atoms with E-state index in [0.717, 1.165) is 12.8 Å². The summed E-state index contributed by atoms with van der Waals surface area (Å²) >= 11 is 5.99. The van der Waals surface area contributed by atoms with E-state index in [1.165, 1.54) is 4.80 Å². The van der Waals surface area contributed by atoms with Crippen LogP contribution in [0.4, 0.5) is 8.78 Å². The number of hydrogen-bond acceptors (Lipinski definition) is 2. The summed E-state index contributed by atoms with van der Waals surface area (Å²) in [5.41, 5.74) is 0.652. The molecule has 0 aliphatic carbocycles. The first-order valence-electron chi connectivity index (χ1n) is 5.13. The number of aryl methyl sites for hydroxylation is 1. The van der Waals surface area contributed by atoms with E-state index >= 15 is 0 Å². The minimum Gasteiger partial charge on any atom is -0.202 e. The highest BCUT2D eigenvalue weighted by Crippen LogP contribution is 2.33. The van der Waals surface area contributed by atoms with Gasteiger partial charge in [-0.2, -0.15) is 15.0 Å². The molecule has 0 N–H and O–H groups in total. The molecule has 0 spiro atoms. The van der Waals surface area contributed by atoms with Crippen molar-refractivity contribution in [2.45, 2.75) is 26.3 Å². The maximum absolute atomic E-state index is 13.5. The van der Waals surface area contributed by atoms with Crippen LogP contribution in [0.2, 0.25) is 0 Å². The Labute approximate surface area is 113 Å². The number of fused-ring (bicyclic) bond motifs is 1. The van der Waals surface area contributed by atoms with Crippen molar-refractivity contribution in [3.8, 4) is 0 Å². The molecule has 0 amide bonds. The van der Waals surface area contributed by atoms with Gasteiger partial charge in [0, 0.05) is 0 Å². The van der Waals surface area contributed by atoms with Crippen LogP contribution in [-0.4, -0.2) is 15.0 Å². The first kappa shape index (κ1) is 12.9. The van der Waals surface area contributed by atoms with Crippen LogP contribution in [-0.2, 0) is 6.54 Å². The monoisotopic (exact) mass is 367 g/mol. The molecule has 0 aliphatic rings. The molecule has 7 heteroatoms. The number of unbranched alkanes of at least 4 members (excludes halogenated alkanes) is 1. The van der Waals surface area contributed by atoms with E-state index in [4.69, 9.17) is 0 Å². The summed E-state index contributed by atoms with van der Waals surface area (Å²) in [4.78, 5) is 1.46. The zero-order chi connectivity index (χ0) is 12.6. The Balaban J connectivity index is 2.60. The van der Waals surface area contributed by atoms with Gasteiger partial charge in [-0.1, -0.05) is 13.3 Å². The first-order chi connectivity index (χ1) is 8.06. The van der Waals surface area contributed by atoms with Gasteiger partial charge in [0.2, 0.25) is 0 Å². The molecular weight excluding hydrogens is 360 g/mol. The van der Waals surface area contributed by atoms with Crippen molar-refractivity contribution in [3.05, 3.63) is 20.6 Å². The van der Waals surface area contributed by atoms with Crippen molar-refractivity contribution < 1.29 is 8.78 Å². The zero-order valence-electron chi connectivity index (χ0n) is 8.97. The predicted octanol–water partition coefficient (Wildman–Crippen LogP) is 4.03. The van der Waals surface area contributed by atoms with Gasteiger partial charge in [-0.3, -0.25) is 0 Å². The van der Waals surface area contributed by atoms with Gasteiger partial charge in [-0.15, -0.1) is 0 Å². The summed E-state index contributed by atoms with van der Waals surface area (Å²) in [7, 11) is 0. The van der Waals surface area contributed by atoms with Crippen LogP contribution in [0.1, 0.15) is 19.8 Å². The van der Waals surface area contributed by atoms with Crippen LogP contribution in [0.25, 0.3) is 11.0 Å². The third kappa shape index (κ3) is 2.22. The maximum atomic E-state index is 13.5. The van der Waals surface area contributed by atoms with Crippen LogP contribution in [0, 0.1) is 11.6 Å². The molecule has 1 heterocycles. The molecule has 0 saturated heterocycles. The fourth-order valence-corrected chi connectivity index (χ4v) is 2.33. The lowest BCUT2D eigenvalue weighted by atomic mass is 10.3. The largest absolute Gasteiger partial charge is 0.202 e. The second-order valence-electron chi connectivity index (χ2n) is 3.60. The van der Waals surface area contributed by atoms with Crippen LogP contribution in [0.5, 0.6) is 0 Å². The van der Waals surface area contributed by atoms with Crippen molar-refractivity contribution in [1.29, 1.82) is 0 Å². The summed E-state index contributed by atoms with van der Waals surface area (Å²) in [5, 5.41) is 8.27. The van der Waals surface area contributed by atoms with Gasteiger partial charge < -0.3 is 0 Å². The Morgan fingerprint density at radius 2 is 1.53 bits per heavy atom. The van der Waals surface area contributed by atoms with Crippen LogP contribution in [0.3, 0.4) is 0 Å². The second-order valence-corrected chi connectivity index (χ2v) is 5.19. The van der Waals surface area contributed by atoms with Gasteiger partial charge in [0.05, 0.1) is 15.5 Å². The molecule has 3 nitrogen and oxygen atoms in total. The molecular formula is C10H9Br2F2N3. The fraction of sp³-hybridized carbons (Fsp3) is 0.400. The van der Waals surface area contributed by atoms with Gasteiger partial charge >= 0.3 is 0 Å². The highest BCUT2D eigenvalue weighted by atomic mass is 79.9. The van der Waals surface area contributed by atoms with E-state index in [1.54, 1.807) is 0 Å². The van der Waals surface area contributed by atoms with Crippen molar-refractivity contribution in [3.63, 3.8) is 0 Å². The molecule has 1 aromatic heterocycles. The van der Waals surface area contributed by atoms with Crippen molar-refractivity contribution >= 4 is 42.9 Å². The van der Waals surface area contributed by atoms with Gasteiger partial charge in [-0.25, -0.2) is 8.78 Å². The molecule has 0 bridgehead atoms. The van der Waals surface area contributed by atoms with E-state index in [9.17, 15) is 8.78 Å². The van der Waals surface area contributed by atoms with E-state index in [1.807, 2.05) is 6.92 Å². The normalized spacial score (nSPS) is 11.4. The third-order valence-electron chi connectivity index (χ3n) is 2.36. The molecule has 0 atom stereocenters. The Kier molecular flexibility index (Phi) is 3.77. The number of aromatic nitrogens is 3. The Morgan fingerprint density at radius 3 is 1.94 bits per heavy atom. The highest BCUT2D eigenvalue weighted by Gasteiger charge is 2.20. The van der Waals surface area contributed by atoms with Gasteiger partial charge in [-0.05, 0) is 38.3 Å². The lowest BCUT2D eigenvalue weighted by molar-refractivity contribution is 0.502. The summed E-state index contributed by atoms with van der Waals surface area (Å²) in [6.45, 7) is 2.68. The van der Waals surface area contributed by atoms with Crippen molar-refractivity contribution in [2.75, 3.05) is 0 Å². The predicted molar refractivity (Wildman–Crippen MR) is 67.8 cm³/mol. The topological polar surface area (TPSA) is 30.7 Å². The first-order valence-corrected chi connectivity index (χ1v) is 6.71. The molecule has 0 unspecified atom stereocenters.